The molecule has 27 nitrogen and oxygen atoms in total. The van der Waals surface area contributed by atoms with Crippen molar-refractivity contribution in [3.05, 3.63) is 107 Å². The first-order chi connectivity index (χ1) is 44.0. The number of amides is 2. The van der Waals surface area contributed by atoms with Crippen molar-refractivity contribution in [3.63, 3.8) is 0 Å². The number of phosphoric acid groups is 3. The van der Waals surface area contributed by atoms with Crippen LogP contribution in [0, 0.1) is 13.8 Å². The number of rotatable bonds is 40. The second-order valence-electron chi connectivity index (χ2n) is 24.1. The molecule has 514 valence electrons. The molecule has 5 atom stereocenters. The minimum absolute atomic E-state index is 0.0151. The van der Waals surface area contributed by atoms with E-state index in [1.54, 1.807) is 4.57 Å². The maximum Gasteiger partial charge on any atom is 0.490 e. The van der Waals surface area contributed by atoms with Gasteiger partial charge in [-0.2, -0.15) is 13.2 Å². The van der Waals surface area contributed by atoms with Gasteiger partial charge in [-0.25, -0.2) is 28.6 Å². The van der Waals surface area contributed by atoms with Gasteiger partial charge in [-0.3, -0.25) is 18.7 Å². The number of ether oxygens (including phenoxy) is 6. The monoisotopic (exact) mass is 1390 g/mol. The smallest absolute Gasteiger partial charge is 0.382 e. The minimum Gasteiger partial charge on any atom is -0.382 e. The Morgan fingerprint density at radius 1 is 0.806 bits per heavy atom. The van der Waals surface area contributed by atoms with Gasteiger partial charge in [-0.05, 0) is 85.1 Å². The molecule has 2 aromatic carbocycles. The van der Waals surface area contributed by atoms with E-state index in [4.69, 9.17) is 48.5 Å². The van der Waals surface area contributed by atoms with E-state index in [0.717, 1.165) is 32.4 Å². The first kappa shape index (κ1) is 75.7. The highest BCUT2D eigenvalue weighted by atomic mass is 33.1. The molecule has 2 amide bonds. The van der Waals surface area contributed by atoms with E-state index in [9.17, 15) is 33.1 Å². The Hall–Kier alpha value is -4.71. The highest BCUT2D eigenvalue weighted by molar-refractivity contribution is 8.77. The van der Waals surface area contributed by atoms with Crippen LogP contribution < -0.4 is 21.3 Å². The van der Waals surface area contributed by atoms with Crippen LogP contribution in [-0.4, -0.2) is 170 Å². The molecule has 2 unspecified atom stereocenters. The van der Waals surface area contributed by atoms with Gasteiger partial charge < -0.3 is 69.3 Å². The van der Waals surface area contributed by atoms with Gasteiger partial charge in [0, 0.05) is 84.6 Å². The van der Waals surface area contributed by atoms with Gasteiger partial charge in [0.25, 0.3) is 0 Å². The number of aromatic nitrogens is 4. The number of nitrogens with zero attached hydrogens (tertiary/aromatic N) is 6. The zero-order valence-electron chi connectivity index (χ0n) is 54.3. The number of nitrogen functional groups attached to an aromatic ring is 1. The summed E-state index contributed by atoms with van der Waals surface area (Å²) in [5, 5.41) is 5.88. The molecule has 0 saturated carbocycles. The quantitative estimate of drug-likeness (QED) is 0.00544. The topological polar surface area (TPSA) is 349 Å². The molecule has 93 heavy (non-hydrogen) atoms. The fourth-order valence-corrected chi connectivity index (χ4v) is 16.2. The number of unbranched alkanes of at least 4 members (excludes halogenated alkanes) is 2. The molecule has 1 fully saturated rings. The van der Waals surface area contributed by atoms with Gasteiger partial charge in [0.1, 0.15) is 36.7 Å². The van der Waals surface area contributed by atoms with Crippen LogP contribution in [0.25, 0.3) is 11.2 Å². The zero-order chi connectivity index (χ0) is 67.6. The summed E-state index contributed by atoms with van der Waals surface area (Å²) in [6.45, 7) is 24.1. The van der Waals surface area contributed by atoms with Crippen LogP contribution in [0.1, 0.15) is 115 Å². The van der Waals surface area contributed by atoms with Gasteiger partial charge in [0.15, 0.2) is 17.2 Å². The molecule has 2 aromatic heterocycles. The summed E-state index contributed by atoms with van der Waals surface area (Å²) in [6.07, 6.45) is 14.4. The lowest BCUT2D eigenvalue weighted by Crippen LogP contribution is -2.36. The predicted molar refractivity (Wildman–Crippen MR) is 357 cm³/mol. The molecule has 3 aliphatic rings. The van der Waals surface area contributed by atoms with E-state index in [2.05, 4.69) is 159 Å². The Morgan fingerprint density at radius 3 is 2.17 bits per heavy atom. The molecule has 7 rings (SSSR count). The van der Waals surface area contributed by atoms with Crippen LogP contribution in [0.5, 0.6) is 0 Å². The number of carbonyl (C=O) groups is 2. The first-order valence-corrected chi connectivity index (χ1v) is 37.7. The van der Waals surface area contributed by atoms with E-state index in [1.165, 1.54) is 79.3 Å². The minimum atomic E-state index is -5.75. The number of fused-ring (bicyclic) bond motifs is 3. The van der Waals surface area contributed by atoms with Crippen molar-refractivity contribution in [3.8, 4) is 0 Å². The fraction of sp³-hybridized carbons (Fsp3) is 0.574. The number of carbonyl (C=O) groups excluding carboxylic acids is 2. The zero-order valence-corrected chi connectivity index (χ0v) is 58.6. The molecule has 4 aromatic rings. The molecule has 0 spiro atoms. The molecule has 32 heteroatoms. The summed E-state index contributed by atoms with van der Waals surface area (Å²) in [5.41, 5.74) is 16.7. The van der Waals surface area contributed by atoms with Crippen LogP contribution in [0.3, 0.4) is 0 Å². The van der Waals surface area contributed by atoms with Crippen LogP contribution in [0.15, 0.2) is 85.1 Å². The average Bonchev–Trinajstić information content (AvgIpc) is 1.62. The van der Waals surface area contributed by atoms with E-state index in [1.807, 2.05) is 13.8 Å². The summed E-state index contributed by atoms with van der Waals surface area (Å²) >= 11 is 0. The maximum atomic E-state index is 12.7. The SMILES string of the molecule is CCN1/C(=C/C=C/C=C/C2=[N+](CCCCCC(=O)NCCOCCOCCOCCOCCC(=O)NCC(C)(C)SSCO[C@@H]3C[C@H](n4cnc5c(N)ncnc54)O[C@@H]3COP(=O)(O)OP(=O)(O)OP(=O)(O)O)c3ccc(C)cc3C2(C)C)C(C)(C)c2cc(C)ccc21. The van der Waals surface area contributed by atoms with Crippen LogP contribution in [0.4, 0.5) is 17.2 Å². The lowest BCUT2D eigenvalue weighted by atomic mass is 9.81. The molecule has 8 N–H and O–H groups in total. The summed E-state index contributed by atoms with van der Waals surface area (Å²) in [7, 11) is -14.1. The number of nitrogens with two attached hydrogens (primary N) is 1. The van der Waals surface area contributed by atoms with Crippen molar-refractivity contribution in [1.29, 1.82) is 0 Å². The Labute approximate surface area is 551 Å². The molecule has 3 aliphatic heterocycles. The lowest BCUT2D eigenvalue weighted by Gasteiger charge is -2.25. The van der Waals surface area contributed by atoms with E-state index < -0.39 is 53.3 Å². The summed E-state index contributed by atoms with van der Waals surface area (Å²) in [6, 6.07) is 13.5. The first-order valence-electron chi connectivity index (χ1n) is 30.8. The number of nitrogens with one attached hydrogen (secondary N) is 2. The third-order valence-electron chi connectivity index (χ3n) is 15.6. The lowest BCUT2D eigenvalue weighted by molar-refractivity contribution is -0.438. The normalized spacial score (nSPS) is 19.7. The predicted octanol–water partition coefficient (Wildman–Crippen LogP) is 9.30. The van der Waals surface area contributed by atoms with Gasteiger partial charge >= 0.3 is 23.5 Å². The Kier molecular flexibility index (Phi) is 28.1. The van der Waals surface area contributed by atoms with Crippen molar-refractivity contribution < 1.29 is 89.0 Å². The number of aryl methyl sites for hydroxylation is 2. The Bertz CT molecular complexity index is 3470. The van der Waals surface area contributed by atoms with Crippen molar-refractivity contribution in [1.82, 2.24) is 30.2 Å². The van der Waals surface area contributed by atoms with E-state index >= 15 is 0 Å². The molecular weight excluding hydrogens is 1300 g/mol. The number of allylic oxidation sites excluding steroid dienone is 6. The average molecular weight is 1400 g/mol. The second-order valence-corrected chi connectivity index (χ2v) is 31.5. The van der Waals surface area contributed by atoms with Gasteiger partial charge in [0.05, 0.1) is 77.3 Å². The van der Waals surface area contributed by atoms with Crippen molar-refractivity contribution in [2.45, 2.75) is 135 Å². The number of likely N-dealkylation sites (N-methyl/N-ethyl adjacent to an activating group) is 1. The van der Waals surface area contributed by atoms with Gasteiger partial charge in [0.2, 0.25) is 17.5 Å². The van der Waals surface area contributed by atoms with Crippen molar-refractivity contribution in [2.24, 2.45) is 0 Å². The molecule has 5 heterocycles. The third kappa shape index (κ3) is 22.4. The number of hydrogen-bond donors (Lipinski definition) is 7. The van der Waals surface area contributed by atoms with E-state index in [-0.39, 0.29) is 53.8 Å². The molecule has 1 saturated heterocycles. The number of phosphoric ester groups is 1. The maximum absolute atomic E-state index is 12.7. The van der Waals surface area contributed by atoms with Gasteiger partial charge in [-0.15, -0.1) is 0 Å². The third-order valence-corrected chi connectivity index (χ3v) is 22.4. The Morgan fingerprint density at radius 2 is 1.47 bits per heavy atom. The number of benzene rings is 2. The second kappa shape index (κ2) is 34.5. The van der Waals surface area contributed by atoms with Crippen LogP contribution >= 0.6 is 45.1 Å². The summed E-state index contributed by atoms with van der Waals surface area (Å²) < 4.78 is 86.1. The molecule has 0 bridgehead atoms. The highest BCUT2D eigenvalue weighted by Gasteiger charge is 2.46. The largest absolute Gasteiger partial charge is 0.490 e. The number of hydrogen-bond acceptors (Lipinski definition) is 21. The molecule has 0 aliphatic carbocycles. The van der Waals surface area contributed by atoms with Crippen LogP contribution in [-0.2, 0) is 75.7 Å². The summed E-state index contributed by atoms with van der Waals surface area (Å²) in [4.78, 5) is 77.5. The van der Waals surface area contributed by atoms with E-state index in [0.29, 0.717) is 76.9 Å². The number of anilines is 2. The fourth-order valence-electron chi connectivity index (χ4n) is 11.0. The standard InChI is InChI=1S/C61H90N9O18P3S2/c1-10-68-47-22-20-43(2)35-45(47)60(6,7)51(68)17-13-11-14-18-52-61(8,9)46-36-44(3)21-23-48(46)69(52)26-16-12-15-19-53(71)63-25-28-81-30-32-83-34-33-82-31-29-80-27-24-54(72)64-39-59(4,5)93-92-42-84-49-37-55(70-41-67-56-57(62)65-40-66-58(56)70)86-50(49)38-85-90(76,77)88-91(78,79)87-89(73,74)75/h11,13-14,17-18,20-23,35-36,40-41,49-50,55H,10,12,15-16,19,24-34,37-39,42H2,1-9H3,(H7-,62,63,64,65,66,71,72,73,74,75,76,77,78,79)/p+1/t49-,50-,55-/m1/s1. The van der Waals surface area contributed by atoms with Gasteiger partial charge in [-0.1, -0.05) is 83.0 Å². The van der Waals surface area contributed by atoms with Crippen molar-refractivity contribution >= 4 is 90.9 Å². The highest BCUT2D eigenvalue weighted by Crippen LogP contribution is 2.66. The summed E-state index contributed by atoms with van der Waals surface area (Å²) in [5.74, 6) is -0.00147. The Balaban J connectivity index is 0.693. The molecule has 0 radical (unpaired) electrons. The molecular formula is C61H91N9O18P3S2+. The number of imidazole rings is 1. The van der Waals surface area contributed by atoms with Crippen LogP contribution in [0.2, 0.25) is 0 Å². The van der Waals surface area contributed by atoms with Crippen molar-refractivity contribution in [2.75, 3.05) is 102 Å².